The molecule has 2 aliphatic rings. The molecule has 26 heavy (non-hydrogen) atoms. The number of dihydropyridines is 1. The second kappa shape index (κ2) is 6.79. The van der Waals surface area contributed by atoms with Crippen molar-refractivity contribution in [3.8, 4) is 5.75 Å². The smallest absolute Gasteiger partial charge is 0.158 e. The number of benzene rings is 1. The molecule has 1 unspecified atom stereocenters. The summed E-state index contributed by atoms with van der Waals surface area (Å²) in [7, 11) is 1.67. The van der Waals surface area contributed by atoms with Gasteiger partial charge in [-0.25, -0.2) is 0 Å². The summed E-state index contributed by atoms with van der Waals surface area (Å²) in [5, 5.41) is 3.60. The maximum atomic E-state index is 12.6. The SMILES string of the molecule is C=C1CC(C)(C)CC2=C1C(c1ccc(OC)cc1)C(C(C)=O)=C(CC)N2. The van der Waals surface area contributed by atoms with Gasteiger partial charge < -0.3 is 10.1 Å². The van der Waals surface area contributed by atoms with Crippen LogP contribution in [0.5, 0.6) is 5.75 Å². The van der Waals surface area contributed by atoms with Gasteiger partial charge in [-0.3, -0.25) is 4.79 Å². The van der Waals surface area contributed by atoms with E-state index in [0.717, 1.165) is 47.4 Å². The molecule has 1 atom stereocenters. The number of rotatable bonds is 4. The van der Waals surface area contributed by atoms with E-state index in [1.54, 1.807) is 14.0 Å². The number of allylic oxidation sites excluding steroid dienone is 5. The highest BCUT2D eigenvalue weighted by molar-refractivity contribution is 5.97. The van der Waals surface area contributed by atoms with Crippen molar-refractivity contribution < 1.29 is 9.53 Å². The molecule has 138 valence electrons. The van der Waals surface area contributed by atoms with Gasteiger partial charge in [0.05, 0.1) is 7.11 Å². The fourth-order valence-electron chi connectivity index (χ4n) is 4.40. The minimum absolute atomic E-state index is 0.0480. The summed E-state index contributed by atoms with van der Waals surface area (Å²) in [4.78, 5) is 12.6. The van der Waals surface area contributed by atoms with Crippen molar-refractivity contribution in [2.45, 2.75) is 52.9 Å². The first-order chi connectivity index (χ1) is 12.3. The van der Waals surface area contributed by atoms with E-state index in [1.165, 1.54) is 11.3 Å². The zero-order valence-electron chi connectivity index (χ0n) is 16.5. The molecule has 1 aliphatic heterocycles. The Morgan fingerprint density at radius 3 is 2.46 bits per heavy atom. The first-order valence-electron chi connectivity index (χ1n) is 9.33. The fourth-order valence-corrected chi connectivity index (χ4v) is 4.40. The third kappa shape index (κ3) is 3.23. The highest BCUT2D eigenvalue weighted by Gasteiger charge is 2.39. The Kier molecular flexibility index (Phi) is 4.83. The zero-order chi connectivity index (χ0) is 19.1. The second-order valence-corrected chi connectivity index (χ2v) is 8.15. The van der Waals surface area contributed by atoms with E-state index in [4.69, 9.17) is 4.74 Å². The summed E-state index contributed by atoms with van der Waals surface area (Å²) in [5.74, 6) is 0.900. The molecule has 0 bridgehead atoms. The lowest BCUT2D eigenvalue weighted by atomic mass is 9.67. The van der Waals surface area contributed by atoms with Crippen molar-refractivity contribution in [2.75, 3.05) is 7.11 Å². The Bertz CT molecular complexity index is 809. The Hall–Kier alpha value is -2.29. The van der Waals surface area contributed by atoms with Gasteiger partial charge >= 0.3 is 0 Å². The molecule has 1 N–H and O–H groups in total. The summed E-state index contributed by atoms with van der Waals surface area (Å²) < 4.78 is 5.31. The highest BCUT2D eigenvalue weighted by Crippen LogP contribution is 2.50. The van der Waals surface area contributed by atoms with Crippen LogP contribution in [0.3, 0.4) is 0 Å². The molecule has 3 nitrogen and oxygen atoms in total. The molecule has 0 fully saturated rings. The minimum Gasteiger partial charge on any atom is -0.497 e. The van der Waals surface area contributed by atoms with Crippen LogP contribution in [0.1, 0.15) is 58.4 Å². The largest absolute Gasteiger partial charge is 0.497 e. The Balaban J connectivity index is 2.19. The molecule has 3 heteroatoms. The van der Waals surface area contributed by atoms with Crippen LogP contribution in [0.2, 0.25) is 0 Å². The third-order valence-electron chi connectivity index (χ3n) is 5.44. The van der Waals surface area contributed by atoms with Crippen molar-refractivity contribution in [1.82, 2.24) is 5.32 Å². The maximum absolute atomic E-state index is 12.6. The number of carbonyl (C=O) groups is 1. The molecular formula is C23H29NO2. The molecule has 1 heterocycles. The predicted octanol–water partition coefficient (Wildman–Crippen LogP) is 5.27. The van der Waals surface area contributed by atoms with Crippen molar-refractivity contribution in [3.05, 3.63) is 64.5 Å². The molecule has 0 radical (unpaired) electrons. The van der Waals surface area contributed by atoms with Gasteiger partial charge in [0.2, 0.25) is 0 Å². The lowest BCUT2D eigenvalue weighted by Crippen LogP contribution is -2.35. The summed E-state index contributed by atoms with van der Waals surface area (Å²) in [5.41, 5.74) is 6.79. The topological polar surface area (TPSA) is 38.3 Å². The molecule has 0 spiro atoms. The number of ether oxygens (including phenoxy) is 1. The van der Waals surface area contributed by atoms with E-state index >= 15 is 0 Å². The lowest BCUT2D eigenvalue weighted by molar-refractivity contribution is -0.113. The summed E-state index contributed by atoms with van der Waals surface area (Å²) in [6.07, 6.45) is 2.74. The van der Waals surface area contributed by atoms with Crippen LogP contribution in [-0.4, -0.2) is 12.9 Å². The zero-order valence-corrected chi connectivity index (χ0v) is 16.5. The molecule has 0 aromatic heterocycles. The average molecular weight is 351 g/mol. The number of carbonyl (C=O) groups excluding carboxylic acids is 1. The van der Waals surface area contributed by atoms with Crippen molar-refractivity contribution in [1.29, 1.82) is 0 Å². The second-order valence-electron chi connectivity index (χ2n) is 8.15. The standard InChI is InChI=1S/C23H29NO2/c1-7-18-21(15(3)25)22(16-8-10-17(26-6)11-9-16)20-14(2)12-23(4,5)13-19(20)24-18/h8-11,22,24H,2,7,12-13H2,1,3-6H3. The lowest BCUT2D eigenvalue weighted by Gasteiger charge is -2.42. The minimum atomic E-state index is -0.0480. The Labute approximate surface area is 156 Å². The monoisotopic (exact) mass is 351 g/mol. The van der Waals surface area contributed by atoms with Crippen LogP contribution in [-0.2, 0) is 4.79 Å². The van der Waals surface area contributed by atoms with Crippen LogP contribution in [0.15, 0.2) is 59.0 Å². The van der Waals surface area contributed by atoms with Gasteiger partial charge in [-0.05, 0) is 60.4 Å². The van der Waals surface area contributed by atoms with Crippen LogP contribution in [0.25, 0.3) is 0 Å². The molecule has 1 aromatic rings. The highest BCUT2D eigenvalue weighted by atomic mass is 16.5. The van der Waals surface area contributed by atoms with E-state index < -0.39 is 0 Å². The van der Waals surface area contributed by atoms with Gasteiger partial charge in [-0.15, -0.1) is 0 Å². The Morgan fingerprint density at radius 2 is 1.92 bits per heavy atom. The van der Waals surface area contributed by atoms with E-state index in [0.29, 0.717) is 0 Å². The van der Waals surface area contributed by atoms with Crippen LogP contribution < -0.4 is 10.1 Å². The van der Waals surface area contributed by atoms with E-state index in [-0.39, 0.29) is 17.1 Å². The van der Waals surface area contributed by atoms with Gasteiger partial charge in [0.1, 0.15) is 5.75 Å². The first kappa shape index (κ1) is 18.5. The van der Waals surface area contributed by atoms with Gasteiger partial charge in [0, 0.05) is 22.9 Å². The van der Waals surface area contributed by atoms with Gasteiger partial charge in [-0.1, -0.05) is 39.5 Å². The van der Waals surface area contributed by atoms with Crippen LogP contribution >= 0.6 is 0 Å². The van der Waals surface area contributed by atoms with Crippen LogP contribution in [0.4, 0.5) is 0 Å². The summed E-state index contributed by atoms with van der Waals surface area (Å²) >= 11 is 0. The molecule has 0 saturated heterocycles. The number of nitrogens with one attached hydrogen (secondary N) is 1. The molecule has 0 amide bonds. The Morgan fingerprint density at radius 1 is 1.27 bits per heavy atom. The number of methoxy groups -OCH3 is 1. The quantitative estimate of drug-likeness (QED) is 0.803. The normalized spacial score (nSPS) is 22.0. The first-order valence-corrected chi connectivity index (χ1v) is 9.33. The molecule has 0 saturated carbocycles. The van der Waals surface area contributed by atoms with Crippen molar-refractivity contribution in [3.63, 3.8) is 0 Å². The van der Waals surface area contributed by atoms with E-state index in [1.807, 2.05) is 12.1 Å². The number of Topliss-reactive ketones (excluding diaryl/α,β-unsaturated/α-hetero) is 1. The van der Waals surface area contributed by atoms with Crippen molar-refractivity contribution in [2.24, 2.45) is 5.41 Å². The number of ketones is 1. The predicted molar refractivity (Wildman–Crippen MR) is 106 cm³/mol. The average Bonchev–Trinajstić information content (AvgIpc) is 2.58. The van der Waals surface area contributed by atoms with Gasteiger partial charge in [0.25, 0.3) is 0 Å². The fraction of sp³-hybridized carbons (Fsp3) is 0.435. The molecule has 3 rings (SSSR count). The number of hydrogen-bond donors (Lipinski definition) is 1. The van der Waals surface area contributed by atoms with Crippen LogP contribution in [0, 0.1) is 5.41 Å². The summed E-state index contributed by atoms with van der Waals surface area (Å²) in [6, 6.07) is 8.08. The van der Waals surface area contributed by atoms with Gasteiger partial charge in [0.15, 0.2) is 5.78 Å². The third-order valence-corrected chi connectivity index (χ3v) is 5.44. The van der Waals surface area contributed by atoms with Crippen molar-refractivity contribution >= 4 is 5.78 Å². The molecular weight excluding hydrogens is 322 g/mol. The van der Waals surface area contributed by atoms with Gasteiger partial charge in [-0.2, -0.15) is 0 Å². The molecule has 1 aliphatic carbocycles. The molecule has 1 aromatic carbocycles. The van der Waals surface area contributed by atoms with E-state index in [9.17, 15) is 4.79 Å². The number of hydrogen-bond acceptors (Lipinski definition) is 3. The summed E-state index contributed by atoms with van der Waals surface area (Å²) in [6.45, 7) is 12.7. The van der Waals surface area contributed by atoms with E-state index in [2.05, 4.69) is 44.8 Å². The maximum Gasteiger partial charge on any atom is 0.158 e.